The third-order valence-corrected chi connectivity index (χ3v) is 13.9. The maximum atomic E-state index is 7.19. The molecule has 0 saturated heterocycles. The number of nitrogens with zero attached hydrogens (tertiary/aromatic N) is 3. The van der Waals surface area contributed by atoms with Crippen molar-refractivity contribution in [3.05, 3.63) is 236 Å². The van der Waals surface area contributed by atoms with Gasteiger partial charge in [0, 0.05) is 62.0 Å². The fraction of sp³-hybridized carbons (Fsp3) is 0.0323. The minimum atomic E-state index is -0.0764. The number of hydrogen-bond donors (Lipinski definition) is 0. The van der Waals surface area contributed by atoms with Crippen LogP contribution in [0.4, 0.5) is 28.4 Å². The van der Waals surface area contributed by atoms with Gasteiger partial charge in [0.15, 0.2) is 0 Å². The van der Waals surface area contributed by atoms with Gasteiger partial charge < -0.3 is 19.1 Å². The van der Waals surface area contributed by atoms with Crippen molar-refractivity contribution in [2.75, 3.05) is 9.80 Å². The minimum absolute atomic E-state index is 0.0764. The Balaban J connectivity index is 1.03. The molecule has 2 aliphatic rings. The molecule has 5 heteroatoms. The van der Waals surface area contributed by atoms with Crippen molar-refractivity contribution in [2.45, 2.75) is 13.8 Å². The van der Waals surface area contributed by atoms with E-state index in [2.05, 4.69) is 259 Å². The standard InChI is InChI=1S/C62H44BN3O/c1-3-18-43(4-2)66-57-29-17-30-58-61(57)63(60-51-26-13-11-23-48(51)49-24-12-14-27-52(49)62(60)66)54-37-35-47(40-59(54)67-58)64(45-33-31-42(32-34-45)41-19-7-5-8-20-41)46-36-38-56-53(39-46)50-25-15-16-28-55(50)65(56)44-21-9-6-10-22-44/h3-40H,1-2H3/b18-3-,43-4+. The van der Waals surface area contributed by atoms with Gasteiger partial charge in [-0.3, -0.25) is 0 Å². The summed E-state index contributed by atoms with van der Waals surface area (Å²) in [6.45, 7) is 4.15. The van der Waals surface area contributed by atoms with E-state index in [1.54, 1.807) is 0 Å². The van der Waals surface area contributed by atoms with Crippen molar-refractivity contribution in [2.24, 2.45) is 0 Å². The van der Waals surface area contributed by atoms with Crippen molar-refractivity contribution in [3.63, 3.8) is 0 Å². The van der Waals surface area contributed by atoms with Crippen molar-refractivity contribution in [3.8, 4) is 28.3 Å². The van der Waals surface area contributed by atoms with E-state index in [9.17, 15) is 0 Å². The van der Waals surface area contributed by atoms with Gasteiger partial charge in [0.25, 0.3) is 6.71 Å². The summed E-state index contributed by atoms with van der Waals surface area (Å²) in [6.07, 6.45) is 6.57. The van der Waals surface area contributed by atoms with Gasteiger partial charge in [-0.1, -0.05) is 152 Å². The van der Waals surface area contributed by atoms with Crippen LogP contribution in [0, 0.1) is 0 Å². The molecule has 11 aromatic rings. The molecule has 2 aliphatic heterocycles. The lowest BCUT2D eigenvalue weighted by Crippen LogP contribution is -2.60. The van der Waals surface area contributed by atoms with Gasteiger partial charge in [0.2, 0.25) is 0 Å². The normalized spacial score (nSPS) is 13.0. The van der Waals surface area contributed by atoms with Crippen LogP contribution in [0.5, 0.6) is 11.5 Å². The van der Waals surface area contributed by atoms with Crippen LogP contribution in [0.15, 0.2) is 236 Å². The summed E-state index contributed by atoms with van der Waals surface area (Å²) >= 11 is 0. The Hall–Kier alpha value is -8.54. The second-order valence-electron chi connectivity index (χ2n) is 17.5. The van der Waals surface area contributed by atoms with E-state index in [4.69, 9.17) is 4.74 Å². The molecule has 0 radical (unpaired) electrons. The average Bonchev–Trinajstić information content (AvgIpc) is 3.72. The minimum Gasteiger partial charge on any atom is -0.458 e. The molecular formula is C62H44BN3O. The zero-order chi connectivity index (χ0) is 44.6. The van der Waals surface area contributed by atoms with E-state index in [1.165, 1.54) is 65.6 Å². The highest BCUT2D eigenvalue weighted by molar-refractivity contribution is 7.01. The maximum absolute atomic E-state index is 7.19. The van der Waals surface area contributed by atoms with E-state index in [0.29, 0.717) is 0 Å². The molecule has 1 aromatic heterocycles. The summed E-state index contributed by atoms with van der Waals surface area (Å²) in [5.41, 5.74) is 16.1. The Bertz CT molecular complexity index is 3820. The fourth-order valence-electron chi connectivity index (χ4n) is 11.0. The number of ether oxygens (including phenoxy) is 1. The highest BCUT2D eigenvalue weighted by Gasteiger charge is 2.44. The fourth-order valence-corrected chi connectivity index (χ4v) is 11.0. The van der Waals surface area contributed by atoms with Crippen molar-refractivity contribution in [1.82, 2.24) is 4.57 Å². The lowest BCUT2D eigenvalue weighted by atomic mass is 9.33. The molecule has 10 aromatic carbocycles. The zero-order valence-corrected chi connectivity index (χ0v) is 37.3. The van der Waals surface area contributed by atoms with Gasteiger partial charge in [-0.25, -0.2) is 0 Å². The summed E-state index contributed by atoms with van der Waals surface area (Å²) in [4.78, 5) is 4.85. The van der Waals surface area contributed by atoms with E-state index in [1.807, 2.05) is 0 Å². The molecule has 67 heavy (non-hydrogen) atoms. The predicted molar refractivity (Wildman–Crippen MR) is 284 cm³/mol. The van der Waals surface area contributed by atoms with E-state index < -0.39 is 0 Å². The molecule has 3 heterocycles. The van der Waals surface area contributed by atoms with Crippen LogP contribution in [0.3, 0.4) is 0 Å². The molecule has 0 amide bonds. The lowest BCUT2D eigenvalue weighted by molar-refractivity contribution is 0.487. The Morgan fingerprint density at radius 3 is 1.85 bits per heavy atom. The first-order chi connectivity index (χ1) is 33.2. The SMILES string of the molecule is C/C=C\C(=C/C)N1c2cccc3c2B(c2ccc(N(c4ccc(-c5ccccc5)cc4)c4ccc5c(c4)c4ccccc4n5-c4ccccc4)cc2O3)c2c1c1ccccc1c1ccccc21. The Morgan fingerprint density at radius 1 is 0.478 bits per heavy atom. The molecule has 316 valence electrons. The molecule has 0 unspecified atom stereocenters. The van der Waals surface area contributed by atoms with Crippen LogP contribution in [0.1, 0.15) is 13.8 Å². The van der Waals surface area contributed by atoms with Crippen LogP contribution < -0.4 is 30.9 Å². The first kappa shape index (κ1) is 38.9. The summed E-state index contributed by atoms with van der Waals surface area (Å²) in [7, 11) is 0. The zero-order valence-electron chi connectivity index (χ0n) is 37.3. The van der Waals surface area contributed by atoms with Gasteiger partial charge in [-0.05, 0) is 130 Å². The molecule has 0 aliphatic carbocycles. The molecule has 0 fully saturated rings. The maximum Gasteiger partial charge on any atom is 0.257 e. The average molecular weight is 858 g/mol. The molecule has 0 bridgehead atoms. The number of hydrogen-bond acceptors (Lipinski definition) is 3. The number of para-hydroxylation sites is 2. The van der Waals surface area contributed by atoms with Crippen molar-refractivity contribution in [1.29, 1.82) is 0 Å². The smallest absolute Gasteiger partial charge is 0.257 e. The number of anilines is 5. The highest BCUT2D eigenvalue weighted by Crippen LogP contribution is 2.46. The third-order valence-electron chi connectivity index (χ3n) is 13.9. The van der Waals surface area contributed by atoms with Gasteiger partial charge in [-0.15, -0.1) is 0 Å². The number of allylic oxidation sites excluding steroid dienone is 3. The Labute approximate surface area is 390 Å². The summed E-state index contributed by atoms with van der Waals surface area (Å²) in [5.74, 6) is 1.74. The lowest BCUT2D eigenvalue weighted by Gasteiger charge is -2.42. The van der Waals surface area contributed by atoms with E-state index in [-0.39, 0.29) is 6.71 Å². The third kappa shape index (κ3) is 6.01. The van der Waals surface area contributed by atoms with Gasteiger partial charge in [0.1, 0.15) is 11.5 Å². The Kier molecular flexibility index (Phi) is 9.04. The first-order valence-electron chi connectivity index (χ1n) is 23.2. The molecule has 0 N–H and O–H groups in total. The van der Waals surface area contributed by atoms with E-state index in [0.717, 1.165) is 56.6 Å². The van der Waals surface area contributed by atoms with Gasteiger partial charge >= 0.3 is 0 Å². The summed E-state index contributed by atoms with van der Waals surface area (Å²) in [5, 5.41) is 7.39. The highest BCUT2D eigenvalue weighted by atomic mass is 16.5. The predicted octanol–water partition coefficient (Wildman–Crippen LogP) is 14.8. The number of fused-ring (bicyclic) bond motifs is 12. The largest absolute Gasteiger partial charge is 0.458 e. The number of rotatable bonds is 7. The number of benzene rings is 10. The summed E-state index contributed by atoms with van der Waals surface area (Å²) < 4.78 is 9.56. The monoisotopic (exact) mass is 857 g/mol. The molecule has 0 spiro atoms. The van der Waals surface area contributed by atoms with Crippen molar-refractivity contribution >= 4 is 94.9 Å². The number of aromatic nitrogens is 1. The second-order valence-corrected chi connectivity index (χ2v) is 17.5. The quantitative estimate of drug-likeness (QED) is 0.0905. The molecular weight excluding hydrogens is 814 g/mol. The second kappa shape index (κ2) is 15.6. The Morgan fingerprint density at radius 2 is 1.09 bits per heavy atom. The van der Waals surface area contributed by atoms with Crippen LogP contribution >= 0.6 is 0 Å². The molecule has 4 nitrogen and oxygen atoms in total. The van der Waals surface area contributed by atoms with Gasteiger partial charge in [-0.2, -0.15) is 0 Å². The topological polar surface area (TPSA) is 20.6 Å². The molecule has 13 rings (SSSR count). The van der Waals surface area contributed by atoms with E-state index >= 15 is 0 Å². The summed E-state index contributed by atoms with van der Waals surface area (Å²) in [6, 6.07) is 77.2. The molecule has 0 saturated carbocycles. The van der Waals surface area contributed by atoms with Crippen LogP contribution in [0.2, 0.25) is 0 Å². The van der Waals surface area contributed by atoms with Crippen LogP contribution in [0.25, 0.3) is 60.2 Å². The first-order valence-corrected chi connectivity index (χ1v) is 23.2. The van der Waals surface area contributed by atoms with Crippen molar-refractivity contribution < 1.29 is 4.74 Å². The van der Waals surface area contributed by atoms with Crippen LogP contribution in [-0.4, -0.2) is 11.3 Å². The van der Waals surface area contributed by atoms with Crippen LogP contribution in [-0.2, 0) is 0 Å². The van der Waals surface area contributed by atoms with Gasteiger partial charge in [0.05, 0.1) is 11.0 Å². The molecule has 0 atom stereocenters.